The fourth-order valence-electron chi connectivity index (χ4n) is 1.04. The van der Waals surface area contributed by atoms with E-state index >= 15 is 0 Å². The van der Waals surface area contributed by atoms with Gasteiger partial charge in [-0.15, -0.1) is 0 Å². The van der Waals surface area contributed by atoms with Crippen molar-refractivity contribution in [3.05, 3.63) is 0 Å². The van der Waals surface area contributed by atoms with Crippen LogP contribution in [0.2, 0.25) is 0 Å². The van der Waals surface area contributed by atoms with Crippen molar-refractivity contribution in [1.29, 1.82) is 0 Å². The molecule has 1 aliphatic rings. The molecule has 0 unspecified atom stereocenters. The first-order chi connectivity index (χ1) is 6.72. The zero-order valence-electron chi connectivity index (χ0n) is 8.43. The first-order valence-corrected chi connectivity index (χ1v) is 5.44. The summed E-state index contributed by atoms with van der Waals surface area (Å²) in [5.74, 6) is 0.110. The Labute approximate surface area is 89.8 Å². The quantitative estimate of drug-likeness (QED) is 0.571. The summed E-state index contributed by atoms with van der Waals surface area (Å²) in [5.41, 5.74) is 0. The molecule has 0 aliphatic heterocycles. The molecule has 0 radical (unpaired) electrons. The van der Waals surface area contributed by atoms with E-state index in [2.05, 4.69) is 16.0 Å². The molecule has 5 heteroatoms. The third-order valence-electron chi connectivity index (χ3n) is 1.92. The lowest BCUT2D eigenvalue weighted by molar-refractivity contribution is -0.121. The minimum Gasteiger partial charge on any atom is -0.363 e. The van der Waals surface area contributed by atoms with E-state index in [0.717, 1.165) is 19.4 Å². The summed E-state index contributed by atoms with van der Waals surface area (Å²) >= 11 is 4.95. The van der Waals surface area contributed by atoms with Crippen molar-refractivity contribution < 1.29 is 4.79 Å². The Morgan fingerprint density at radius 1 is 1.43 bits per heavy atom. The fourth-order valence-corrected chi connectivity index (χ4v) is 1.29. The lowest BCUT2D eigenvalue weighted by Gasteiger charge is -2.08. The summed E-state index contributed by atoms with van der Waals surface area (Å²) in [5, 5.41) is 9.46. The lowest BCUT2D eigenvalue weighted by Crippen LogP contribution is -2.37. The van der Waals surface area contributed by atoms with Crippen LogP contribution in [-0.2, 0) is 4.79 Å². The molecule has 1 saturated carbocycles. The van der Waals surface area contributed by atoms with Gasteiger partial charge in [0.1, 0.15) is 0 Å². The van der Waals surface area contributed by atoms with Gasteiger partial charge < -0.3 is 16.0 Å². The zero-order valence-corrected chi connectivity index (χ0v) is 9.25. The summed E-state index contributed by atoms with van der Waals surface area (Å²) in [4.78, 5) is 11.2. The maximum atomic E-state index is 11.2. The van der Waals surface area contributed by atoms with Crippen LogP contribution in [0.5, 0.6) is 0 Å². The van der Waals surface area contributed by atoms with Crippen molar-refractivity contribution in [1.82, 2.24) is 16.0 Å². The second-order valence-electron chi connectivity index (χ2n) is 3.38. The maximum Gasteiger partial charge on any atom is 0.221 e. The van der Waals surface area contributed by atoms with E-state index in [9.17, 15) is 4.79 Å². The highest BCUT2D eigenvalue weighted by Gasteiger charge is 2.22. The van der Waals surface area contributed by atoms with Crippen molar-refractivity contribution >= 4 is 23.2 Å². The number of hydrogen-bond acceptors (Lipinski definition) is 2. The number of nitrogens with one attached hydrogen (secondary N) is 3. The number of carbonyl (C=O) groups is 1. The molecule has 1 rings (SSSR count). The molecule has 0 spiro atoms. The molecule has 0 aromatic carbocycles. The number of hydrogen-bond donors (Lipinski definition) is 3. The lowest BCUT2D eigenvalue weighted by atomic mass is 10.4. The molecule has 0 aromatic rings. The van der Waals surface area contributed by atoms with Crippen molar-refractivity contribution in [2.24, 2.45) is 0 Å². The highest BCUT2D eigenvalue weighted by Crippen LogP contribution is 2.18. The van der Waals surface area contributed by atoms with Gasteiger partial charge in [-0.05, 0) is 32.0 Å². The van der Waals surface area contributed by atoms with Crippen LogP contribution in [0.3, 0.4) is 0 Å². The zero-order chi connectivity index (χ0) is 10.4. The normalized spacial score (nSPS) is 14.6. The van der Waals surface area contributed by atoms with Gasteiger partial charge in [0, 0.05) is 25.6 Å². The summed E-state index contributed by atoms with van der Waals surface area (Å²) in [7, 11) is 0. The molecule has 0 bridgehead atoms. The van der Waals surface area contributed by atoms with Gasteiger partial charge in [0.2, 0.25) is 5.91 Å². The maximum absolute atomic E-state index is 11.2. The Balaban J connectivity index is 1.96. The van der Waals surface area contributed by atoms with Crippen LogP contribution < -0.4 is 16.0 Å². The van der Waals surface area contributed by atoms with Gasteiger partial charge >= 0.3 is 0 Å². The van der Waals surface area contributed by atoms with Crippen LogP contribution in [-0.4, -0.2) is 30.2 Å². The molecular formula is C9H17N3OS. The van der Waals surface area contributed by atoms with E-state index in [0.29, 0.717) is 24.1 Å². The Hall–Kier alpha value is -0.840. The smallest absolute Gasteiger partial charge is 0.221 e. The largest absolute Gasteiger partial charge is 0.363 e. The van der Waals surface area contributed by atoms with Crippen LogP contribution in [0.25, 0.3) is 0 Å². The monoisotopic (exact) mass is 215 g/mol. The van der Waals surface area contributed by atoms with Crippen molar-refractivity contribution in [3.63, 3.8) is 0 Å². The highest BCUT2D eigenvalue weighted by molar-refractivity contribution is 7.80. The van der Waals surface area contributed by atoms with E-state index in [1.165, 1.54) is 0 Å². The summed E-state index contributed by atoms with van der Waals surface area (Å²) in [6, 6.07) is 0.447. The molecule has 4 nitrogen and oxygen atoms in total. The van der Waals surface area contributed by atoms with E-state index < -0.39 is 0 Å². The molecule has 0 atom stereocenters. The van der Waals surface area contributed by atoms with Gasteiger partial charge in [-0.1, -0.05) is 0 Å². The van der Waals surface area contributed by atoms with Gasteiger partial charge in [-0.25, -0.2) is 0 Å². The molecule has 0 heterocycles. The Bertz CT molecular complexity index is 216. The molecule has 80 valence electrons. The first kappa shape index (κ1) is 11.2. The number of amides is 1. The van der Waals surface area contributed by atoms with E-state index in [1.54, 1.807) is 0 Å². The van der Waals surface area contributed by atoms with Crippen LogP contribution in [0.15, 0.2) is 0 Å². The van der Waals surface area contributed by atoms with Gasteiger partial charge in [0.05, 0.1) is 0 Å². The fraction of sp³-hybridized carbons (Fsp3) is 0.778. The molecule has 0 saturated heterocycles. The number of carbonyl (C=O) groups excluding carboxylic acids is 1. The molecule has 14 heavy (non-hydrogen) atoms. The average Bonchev–Trinajstić information content (AvgIpc) is 2.88. The topological polar surface area (TPSA) is 53.2 Å². The number of rotatable bonds is 5. The van der Waals surface area contributed by atoms with Gasteiger partial charge in [-0.3, -0.25) is 4.79 Å². The Morgan fingerprint density at radius 3 is 2.71 bits per heavy atom. The molecule has 1 amide bonds. The van der Waals surface area contributed by atoms with Crippen LogP contribution in [0.4, 0.5) is 0 Å². The van der Waals surface area contributed by atoms with Crippen molar-refractivity contribution in [2.45, 2.75) is 32.2 Å². The summed E-state index contributed by atoms with van der Waals surface area (Å²) < 4.78 is 0. The second kappa shape index (κ2) is 5.80. The Kier molecular flexibility index (Phi) is 4.65. The third-order valence-corrected chi connectivity index (χ3v) is 2.21. The average molecular weight is 215 g/mol. The van der Waals surface area contributed by atoms with Crippen LogP contribution >= 0.6 is 12.2 Å². The van der Waals surface area contributed by atoms with Crippen molar-refractivity contribution in [3.8, 4) is 0 Å². The summed E-state index contributed by atoms with van der Waals surface area (Å²) in [6.45, 7) is 3.39. The SMILES string of the molecule is CCNC(=S)NCCC(=O)NC1CC1. The molecular weight excluding hydrogens is 198 g/mol. The standard InChI is InChI=1S/C9H17N3OS/c1-2-10-9(14)11-6-5-8(13)12-7-3-4-7/h7H,2-6H2,1H3,(H,12,13)(H2,10,11,14). The van der Waals surface area contributed by atoms with Crippen LogP contribution in [0, 0.1) is 0 Å². The highest BCUT2D eigenvalue weighted by atomic mass is 32.1. The molecule has 0 aromatic heterocycles. The molecule has 1 fully saturated rings. The summed E-state index contributed by atoms with van der Waals surface area (Å²) in [6.07, 6.45) is 2.76. The van der Waals surface area contributed by atoms with E-state index in [1.807, 2.05) is 6.92 Å². The molecule has 1 aliphatic carbocycles. The van der Waals surface area contributed by atoms with Crippen molar-refractivity contribution in [2.75, 3.05) is 13.1 Å². The third kappa shape index (κ3) is 5.01. The predicted molar refractivity (Wildman–Crippen MR) is 60.1 cm³/mol. The molecule has 3 N–H and O–H groups in total. The van der Waals surface area contributed by atoms with E-state index in [4.69, 9.17) is 12.2 Å². The van der Waals surface area contributed by atoms with Gasteiger partial charge in [0.25, 0.3) is 0 Å². The van der Waals surface area contributed by atoms with Crippen LogP contribution in [0.1, 0.15) is 26.2 Å². The second-order valence-corrected chi connectivity index (χ2v) is 3.79. The minimum absolute atomic E-state index is 0.110. The first-order valence-electron chi connectivity index (χ1n) is 5.03. The van der Waals surface area contributed by atoms with Gasteiger partial charge in [-0.2, -0.15) is 0 Å². The predicted octanol–water partition coefficient (Wildman–Crippen LogP) is 0.139. The Morgan fingerprint density at radius 2 is 2.14 bits per heavy atom. The number of thiocarbonyl (C=S) groups is 1. The van der Waals surface area contributed by atoms with E-state index in [-0.39, 0.29) is 5.91 Å². The minimum atomic E-state index is 0.110. The van der Waals surface area contributed by atoms with Gasteiger partial charge in [0.15, 0.2) is 5.11 Å².